The molecule has 1 nitrogen and oxygen atoms in total. The van der Waals surface area contributed by atoms with Gasteiger partial charge in [-0.05, 0) is 52.9 Å². The molecule has 0 radical (unpaired) electrons. The maximum absolute atomic E-state index is 13.6. The highest BCUT2D eigenvalue weighted by atomic mass is 32.1. The summed E-state index contributed by atoms with van der Waals surface area (Å²) in [5, 5.41) is 7.48. The first-order chi connectivity index (χ1) is 8.33. The van der Waals surface area contributed by atoms with Crippen LogP contribution in [0.2, 0.25) is 0 Å². The zero-order chi connectivity index (χ0) is 11.7. The minimum absolute atomic E-state index is 0.114. The summed E-state index contributed by atoms with van der Waals surface area (Å²) in [7, 11) is 0. The van der Waals surface area contributed by atoms with Crippen molar-refractivity contribution in [3.63, 3.8) is 0 Å². The van der Waals surface area contributed by atoms with Crippen molar-refractivity contribution in [3.05, 3.63) is 46.4 Å². The second-order valence-corrected chi connectivity index (χ2v) is 5.25. The monoisotopic (exact) mass is 247 g/mol. The summed E-state index contributed by atoms with van der Waals surface area (Å²) in [6.45, 7) is 0.633. The fourth-order valence-corrected chi connectivity index (χ4v) is 2.53. The smallest absolute Gasteiger partial charge is 0.127 e. The van der Waals surface area contributed by atoms with Gasteiger partial charge in [0.1, 0.15) is 5.82 Å². The Morgan fingerprint density at radius 3 is 2.82 bits per heavy atom. The zero-order valence-corrected chi connectivity index (χ0v) is 10.3. The van der Waals surface area contributed by atoms with Crippen LogP contribution in [0.1, 0.15) is 18.4 Å². The Hall–Kier alpha value is -1.19. The molecule has 3 heteroatoms. The van der Waals surface area contributed by atoms with E-state index in [1.807, 2.05) is 17.5 Å². The van der Waals surface area contributed by atoms with Gasteiger partial charge in [0, 0.05) is 18.2 Å². The number of halogens is 1. The van der Waals surface area contributed by atoms with E-state index < -0.39 is 0 Å². The molecule has 0 aliphatic heterocycles. The van der Waals surface area contributed by atoms with E-state index in [9.17, 15) is 4.39 Å². The first-order valence-corrected chi connectivity index (χ1v) is 6.81. The van der Waals surface area contributed by atoms with Gasteiger partial charge in [0.25, 0.3) is 0 Å². The summed E-state index contributed by atoms with van der Waals surface area (Å²) >= 11 is 1.66. The molecule has 0 saturated heterocycles. The lowest BCUT2D eigenvalue weighted by Gasteiger charge is -2.07. The van der Waals surface area contributed by atoms with Crippen molar-refractivity contribution >= 4 is 11.3 Å². The van der Waals surface area contributed by atoms with Gasteiger partial charge >= 0.3 is 0 Å². The Labute approximate surface area is 104 Å². The van der Waals surface area contributed by atoms with Crippen molar-refractivity contribution in [1.29, 1.82) is 0 Å². The van der Waals surface area contributed by atoms with Gasteiger partial charge in [0.15, 0.2) is 0 Å². The molecule has 0 atom stereocenters. The molecule has 1 heterocycles. The maximum atomic E-state index is 13.6. The first kappa shape index (κ1) is 10.9. The molecule has 3 rings (SSSR count). The van der Waals surface area contributed by atoms with Gasteiger partial charge in [-0.2, -0.15) is 11.3 Å². The van der Waals surface area contributed by atoms with Crippen LogP contribution >= 0.6 is 11.3 Å². The topological polar surface area (TPSA) is 12.0 Å². The Morgan fingerprint density at radius 1 is 1.24 bits per heavy atom. The number of rotatable bonds is 4. The molecule has 0 unspecified atom stereocenters. The Bertz CT molecular complexity index is 503. The molecule has 1 N–H and O–H groups in total. The lowest BCUT2D eigenvalue weighted by Crippen LogP contribution is -2.16. The van der Waals surface area contributed by atoms with Gasteiger partial charge in [-0.1, -0.05) is 6.07 Å². The number of hydrogen-bond donors (Lipinski definition) is 1. The molecule has 1 aromatic heterocycles. The third kappa shape index (κ3) is 2.56. The molecule has 1 aliphatic rings. The lowest BCUT2D eigenvalue weighted by molar-refractivity contribution is 0.587. The van der Waals surface area contributed by atoms with Gasteiger partial charge in [0.2, 0.25) is 0 Å². The first-order valence-electron chi connectivity index (χ1n) is 5.87. The van der Waals surface area contributed by atoms with Crippen molar-refractivity contribution in [2.75, 3.05) is 0 Å². The fourth-order valence-electron chi connectivity index (χ4n) is 1.86. The van der Waals surface area contributed by atoms with E-state index in [1.54, 1.807) is 17.4 Å². The van der Waals surface area contributed by atoms with E-state index in [1.165, 1.54) is 18.4 Å². The van der Waals surface area contributed by atoms with Crippen LogP contribution in [0.25, 0.3) is 11.1 Å². The lowest BCUT2D eigenvalue weighted by atomic mass is 10.1. The summed E-state index contributed by atoms with van der Waals surface area (Å²) in [6, 6.07) is 8.04. The molecule has 1 aliphatic carbocycles. The Balaban J connectivity index is 1.83. The van der Waals surface area contributed by atoms with Crippen LogP contribution in [0.5, 0.6) is 0 Å². The third-order valence-corrected chi connectivity index (χ3v) is 3.74. The normalized spacial score (nSPS) is 15.1. The van der Waals surface area contributed by atoms with Crippen LogP contribution in [0.4, 0.5) is 4.39 Å². The van der Waals surface area contributed by atoms with Crippen molar-refractivity contribution in [1.82, 2.24) is 5.32 Å². The van der Waals surface area contributed by atoms with Crippen molar-refractivity contribution in [2.45, 2.75) is 25.4 Å². The summed E-state index contributed by atoms with van der Waals surface area (Å²) in [5.41, 5.74) is 3.03. The van der Waals surface area contributed by atoms with Crippen molar-refractivity contribution in [2.24, 2.45) is 0 Å². The maximum Gasteiger partial charge on any atom is 0.127 e. The fraction of sp³-hybridized carbons (Fsp3) is 0.286. The zero-order valence-electron chi connectivity index (χ0n) is 9.45. The average Bonchev–Trinajstić information content (AvgIpc) is 3.00. The van der Waals surface area contributed by atoms with Gasteiger partial charge in [0.05, 0.1) is 0 Å². The van der Waals surface area contributed by atoms with E-state index in [4.69, 9.17) is 0 Å². The summed E-state index contributed by atoms with van der Waals surface area (Å²) in [4.78, 5) is 0. The molecule has 0 amide bonds. The van der Waals surface area contributed by atoms with E-state index in [0.717, 1.165) is 11.1 Å². The van der Waals surface area contributed by atoms with Crippen LogP contribution in [0.3, 0.4) is 0 Å². The molecule has 2 aromatic rings. The second-order valence-electron chi connectivity index (χ2n) is 4.47. The van der Waals surface area contributed by atoms with Gasteiger partial charge < -0.3 is 5.32 Å². The minimum atomic E-state index is -0.114. The third-order valence-electron chi connectivity index (χ3n) is 3.06. The van der Waals surface area contributed by atoms with Gasteiger partial charge in [-0.3, -0.25) is 0 Å². The predicted molar refractivity (Wildman–Crippen MR) is 69.6 cm³/mol. The number of thiophene rings is 1. The molecule has 1 saturated carbocycles. The van der Waals surface area contributed by atoms with Crippen molar-refractivity contribution < 1.29 is 4.39 Å². The molecule has 0 bridgehead atoms. The van der Waals surface area contributed by atoms with Crippen molar-refractivity contribution in [3.8, 4) is 11.1 Å². The predicted octanol–water partition coefficient (Wildman–Crippen LogP) is 3.81. The highest BCUT2D eigenvalue weighted by Gasteiger charge is 2.20. The summed E-state index contributed by atoms with van der Waals surface area (Å²) in [6.07, 6.45) is 2.46. The number of benzene rings is 1. The quantitative estimate of drug-likeness (QED) is 0.866. The van der Waals surface area contributed by atoms with E-state index in [0.29, 0.717) is 12.6 Å². The SMILES string of the molecule is Fc1ccc(-c2ccsc2)cc1CNC1CC1. The average molecular weight is 247 g/mol. The number of hydrogen-bond acceptors (Lipinski definition) is 2. The highest BCUT2D eigenvalue weighted by Crippen LogP contribution is 2.25. The molecular formula is C14H14FNS. The largest absolute Gasteiger partial charge is 0.310 e. The molecule has 0 spiro atoms. The molecule has 17 heavy (non-hydrogen) atoms. The Morgan fingerprint density at radius 2 is 2.12 bits per heavy atom. The van der Waals surface area contributed by atoms with Crippen LogP contribution in [0, 0.1) is 5.82 Å². The summed E-state index contributed by atoms with van der Waals surface area (Å²) < 4.78 is 13.6. The van der Waals surface area contributed by atoms with Crippen LogP contribution in [0.15, 0.2) is 35.0 Å². The number of nitrogens with one attached hydrogen (secondary N) is 1. The Kier molecular flexibility index (Phi) is 2.95. The van der Waals surface area contributed by atoms with Gasteiger partial charge in [-0.15, -0.1) is 0 Å². The van der Waals surface area contributed by atoms with Gasteiger partial charge in [-0.25, -0.2) is 4.39 Å². The van der Waals surface area contributed by atoms with E-state index in [2.05, 4.69) is 16.8 Å². The van der Waals surface area contributed by atoms with Crippen LogP contribution < -0.4 is 5.32 Å². The second kappa shape index (κ2) is 4.59. The van der Waals surface area contributed by atoms with Crippen LogP contribution in [-0.4, -0.2) is 6.04 Å². The minimum Gasteiger partial charge on any atom is -0.310 e. The van der Waals surface area contributed by atoms with E-state index >= 15 is 0 Å². The van der Waals surface area contributed by atoms with Crippen LogP contribution in [-0.2, 0) is 6.54 Å². The summed E-state index contributed by atoms with van der Waals surface area (Å²) in [5.74, 6) is -0.114. The molecule has 1 fully saturated rings. The molecule has 1 aromatic carbocycles. The molecular weight excluding hydrogens is 233 g/mol. The molecule has 88 valence electrons. The highest BCUT2D eigenvalue weighted by molar-refractivity contribution is 7.08. The van der Waals surface area contributed by atoms with E-state index in [-0.39, 0.29) is 5.82 Å². The standard InChI is InChI=1S/C14H14FNS/c15-14-4-1-10(11-5-6-17-9-11)7-12(14)8-16-13-2-3-13/h1,4-7,9,13,16H,2-3,8H2.